The van der Waals surface area contributed by atoms with Crippen molar-refractivity contribution in [2.75, 3.05) is 47.5 Å². The molecule has 0 saturated carbocycles. The van der Waals surface area contributed by atoms with Gasteiger partial charge < -0.3 is 27.9 Å². The number of unbranched alkanes of at least 4 members (excludes halogenated alkanes) is 15. The SMILES string of the molecule is CCCC/C=C\CCCCCCCC(=O)O[C@H](COC(=O)CCCCCCCCCCC)COP(=O)([O-])OCC[N+](C)(C)C. The Kier molecular flexibility index (Phi) is 27.2. The van der Waals surface area contributed by atoms with E-state index in [1.54, 1.807) is 0 Å². The lowest BCUT2D eigenvalue weighted by atomic mass is 10.1. The lowest BCUT2D eigenvalue weighted by molar-refractivity contribution is -0.870. The molecule has 0 amide bonds. The predicted octanol–water partition coefficient (Wildman–Crippen LogP) is 8.05. The van der Waals surface area contributed by atoms with Crippen molar-refractivity contribution < 1.29 is 42.1 Å². The van der Waals surface area contributed by atoms with Crippen LogP contribution in [0.3, 0.4) is 0 Å². The Morgan fingerprint density at radius 3 is 1.75 bits per heavy atom. The Balaban J connectivity index is 4.51. The van der Waals surface area contributed by atoms with Gasteiger partial charge in [0.05, 0.1) is 27.7 Å². The van der Waals surface area contributed by atoms with Crippen molar-refractivity contribution in [2.24, 2.45) is 0 Å². The molecule has 0 saturated heterocycles. The van der Waals surface area contributed by atoms with Gasteiger partial charge in [-0.3, -0.25) is 14.2 Å². The van der Waals surface area contributed by atoms with Gasteiger partial charge in [0.2, 0.25) is 0 Å². The fraction of sp³-hybridized carbons (Fsp3) is 0.882. The summed E-state index contributed by atoms with van der Waals surface area (Å²) in [6.45, 7) is 4.13. The summed E-state index contributed by atoms with van der Waals surface area (Å²) in [5.74, 6) is -0.849. The van der Waals surface area contributed by atoms with Crippen LogP contribution in [-0.2, 0) is 32.7 Å². The third-order valence-electron chi connectivity index (χ3n) is 7.29. The number of phosphoric ester groups is 1. The third-order valence-corrected chi connectivity index (χ3v) is 8.25. The molecule has 44 heavy (non-hydrogen) atoms. The number of allylic oxidation sites excluding steroid dienone is 2. The molecule has 2 atom stereocenters. The predicted molar refractivity (Wildman–Crippen MR) is 176 cm³/mol. The van der Waals surface area contributed by atoms with Gasteiger partial charge >= 0.3 is 11.9 Å². The van der Waals surface area contributed by atoms with Crippen LogP contribution in [0, 0.1) is 0 Å². The van der Waals surface area contributed by atoms with Crippen LogP contribution in [0.2, 0.25) is 0 Å². The molecule has 0 fully saturated rings. The highest BCUT2D eigenvalue weighted by Crippen LogP contribution is 2.38. The van der Waals surface area contributed by atoms with Crippen molar-refractivity contribution in [2.45, 2.75) is 148 Å². The highest BCUT2D eigenvalue weighted by atomic mass is 31.2. The molecule has 0 aromatic heterocycles. The van der Waals surface area contributed by atoms with E-state index < -0.39 is 32.5 Å². The minimum atomic E-state index is -4.61. The zero-order valence-corrected chi connectivity index (χ0v) is 29.8. The summed E-state index contributed by atoms with van der Waals surface area (Å²) in [4.78, 5) is 37.1. The van der Waals surface area contributed by atoms with E-state index >= 15 is 0 Å². The zero-order valence-electron chi connectivity index (χ0n) is 28.9. The van der Waals surface area contributed by atoms with E-state index in [2.05, 4.69) is 26.0 Å². The maximum atomic E-state index is 12.5. The van der Waals surface area contributed by atoms with Crippen LogP contribution in [0.4, 0.5) is 0 Å². The van der Waals surface area contributed by atoms with Gasteiger partial charge in [-0.05, 0) is 32.1 Å². The summed E-state index contributed by atoms with van der Waals surface area (Å²) in [5, 5.41) is 0. The summed E-state index contributed by atoms with van der Waals surface area (Å²) in [7, 11) is 1.16. The van der Waals surface area contributed by atoms with E-state index in [1.807, 2.05) is 21.1 Å². The summed E-state index contributed by atoms with van der Waals surface area (Å²) in [5.41, 5.74) is 0. The lowest BCUT2D eigenvalue weighted by Crippen LogP contribution is -2.37. The van der Waals surface area contributed by atoms with Crippen LogP contribution in [0.1, 0.15) is 142 Å². The summed E-state index contributed by atoms with van der Waals surface area (Å²) < 4.78 is 33.6. The minimum absolute atomic E-state index is 0.0302. The number of hydrogen-bond acceptors (Lipinski definition) is 8. The van der Waals surface area contributed by atoms with Crippen LogP contribution in [0.5, 0.6) is 0 Å². The second-order valence-corrected chi connectivity index (χ2v) is 14.3. The molecule has 0 aliphatic carbocycles. The fourth-order valence-corrected chi connectivity index (χ4v) is 5.19. The highest BCUT2D eigenvalue weighted by molar-refractivity contribution is 7.45. The smallest absolute Gasteiger partial charge is 0.306 e. The largest absolute Gasteiger partial charge is 0.756 e. The van der Waals surface area contributed by atoms with Crippen LogP contribution < -0.4 is 4.89 Å². The number of hydrogen-bond donors (Lipinski definition) is 0. The van der Waals surface area contributed by atoms with E-state index in [0.29, 0.717) is 17.4 Å². The molecule has 10 heteroatoms. The van der Waals surface area contributed by atoms with Gasteiger partial charge in [-0.1, -0.05) is 109 Å². The van der Waals surface area contributed by atoms with Crippen LogP contribution in [0.15, 0.2) is 12.2 Å². The first-order valence-corrected chi connectivity index (χ1v) is 18.9. The average Bonchev–Trinajstić information content (AvgIpc) is 2.95. The van der Waals surface area contributed by atoms with Gasteiger partial charge in [-0.15, -0.1) is 0 Å². The van der Waals surface area contributed by atoms with Gasteiger partial charge in [-0.25, -0.2) is 0 Å². The van der Waals surface area contributed by atoms with Crippen molar-refractivity contribution in [1.82, 2.24) is 0 Å². The number of carbonyl (C=O) groups is 2. The van der Waals surface area contributed by atoms with Gasteiger partial charge in [0.15, 0.2) is 6.10 Å². The molecule has 0 bridgehead atoms. The number of likely N-dealkylation sites (N-methyl/N-ethyl adjacent to an activating group) is 1. The molecular formula is C34H66NO8P. The Bertz CT molecular complexity index is 784. The molecule has 1 unspecified atom stereocenters. The third kappa shape index (κ3) is 30.8. The Hall–Kier alpha value is -1.25. The normalized spacial score (nSPS) is 14.0. The molecule has 0 rings (SSSR count). The highest BCUT2D eigenvalue weighted by Gasteiger charge is 2.21. The van der Waals surface area contributed by atoms with Gasteiger partial charge in [0, 0.05) is 12.8 Å². The first kappa shape index (κ1) is 42.8. The molecule has 260 valence electrons. The lowest BCUT2D eigenvalue weighted by Gasteiger charge is -2.28. The standard InChI is InChI=1S/C34H66NO8P/c1-6-8-10-12-14-16-17-19-21-23-25-27-34(37)43-32(31-42-44(38,39)41-29-28-35(3,4)5)30-40-33(36)26-24-22-20-18-15-13-11-9-7-2/h12,14,32H,6-11,13,15-31H2,1-5H3/b14-12-/t32-/m1/s1. The molecule has 0 spiro atoms. The van der Waals surface area contributed by atoms with Gasteiger partial charge in [-0.2, -0.15) is 0 Å². The first-order valence-electron chi connectivity index (χ1n) is 17.4. The summed E-state index contributed by atoms with van der Waals surface area (Å²) in [6, 6.07) is 0. The van der Waals surface area contributed by atoms with Crippen molar-refractivity contribution in [1.29, 1.82) is 0 Å². The fourth-order valence-electron chi connectivity index (χ4n) is 4.46. The van der Waals surface area contributed by atoms with Crippen LogP contribution in [-0.4, -0.2) is 70.0 Å². The quantitative estimate of drug-likeness (QED) is 0.0244. The number of esters is 2. The number of carbonyl (C=O) groups excluding carboxylic acids is 2. The number of phosphoric acid groups is 1. The molecule has 0 aromatic rings. The maximum absolute atomic E-state index is 12.5. The molecule has 0 N–H and O–H groups in total. The van der Waals surface area contributed by atoms with Gasteiger partial charge in [0.25, 0.3) is 7.82 Å². The summed E-state index contributed by atoms with van der Waals surface area (Å²) >= 11 is 0. The Morgan fingerprint density at radius 2 is 1.18 bits per heavy atom. The van der Waals surface area contributed by atoms with E-state index in [0.717, 1.165) is 57.8 Å². The van der Waals surface area contributed by atoms with E-state index in [1.165, 1.54) is 51.4 Å². The first-order chi connectivity index (χ1) is 21.0. The topological polar surface area (TPSA) is 111 Å². The monoisotopic (exact) mass is 647 g/mol. The molecule has 0 heterocycles. The number of rotatable bonds is 31. The van der Waals surface area contributed by atoms with Crippen LogP contribution >= 0.6 is 7.82 Å². The van der Waals surface area contributed by atoms with E-state index in [-0.39, 0.29) is 26.1 Å². The Morgan fingerprint density at radius 1 is 0.682 bits per heavy atom. The molecule has 0 aliphatic rings. The van der Waals surface area contributed by atoms with Crippen molar-refractivity contribution in [3.8, 4) is 0 Å². The molecule has 0 aliphatic heterocycles. The second-order valence-electron chi connectivity index (χ2n) is 12.9. The van der Waals surface area contributed by atoms with E-state index in [4.69, 9.17) is 18.5 Å². The van der Waals surface area contributed by atoms with Crippen molar-refractivity contribution in [3.63, 3.8) is 0 Å². The second kappa shape index (κ2) is 28.0. The van der Waals surface area contributed by atoms with E-state index in [9.17, 15) is 19.0 Å². The van der Waals surface area contributed by atoms with Crippen molar-refractivity contribution >= 4 is 19.8 Å². The molecular weight excluding hydrogens is 581 g/mol. The van der Waals surface area contributed by atoms with Crippen LogP contribution in [0.25, 0.3) is 0 Å². The molecule has 0 aromatic carbocycles. The molecule has 9 nitrogen and oxygen atoms in total. The minimum Gasteiger partial charge on any atom is -0.756 e. The number of nitrogens with zero attached hydrogens (tertiary/aromatic N) is 1. The molecule has 0 radical (unpaired) electrons. The maximum Gasteiger partial charge on any atom is 0.306 e. The average molecular weight is 648 g/mol. The summed E-state index contributed by atoms with van der Waals surface area (Å²) in [6.07, 6.45) is 23.9. The zero-order chi connectivity index (χ0) is 32.9. The van der Waals surface area contributed by atoms with Gasteiger partial charge in [0.1, 0.15) is 19.8 Å². The number of quaternary nitrogens is 1. The Labute approximate surface area is 269 Å². The van der Waals surface area contributed by atoms with Crippen molar-refractivity contribution in [3.05, 3.63) is 12.2 Å². The number of ether oxygens (including phenoxy) is 2.